The second kappa shape index (κ2) is 26.1. The van der Waals surface area contributed by atoms with Gasteiger partial charge in [0.05, 0.1) is 50.1 Å². The summed E-state index contributed by atoms with van der Waals surface area (Å²) in [5.74, 6) is -3.94. The smallest absolute Gasteiger partial charge is 0.407 e. The lowest BCUT2D eigenvalue weighted by atomic mass is 10.0. The topological polar surface area (TPSA) is 229 Å². The second-order valence-corrected chi connectivity index (χ2v) is 20.3. The number of piperazine rings is 2. The predicted molar refractivity (Wildman–Crippen MR) is 276 cm³/mol. The molecule has 4 aromatic rings. The molecule has 0 radical (unpaired) electrons. The summed E-state index contributed by atoms with van der Waals surface area (Å²) in [6.45, 7) is 12.4. The average Bonchev–Trinajstić information content (AvgIpc) is 3.37. The summed E-state index contributed by atoms with van der Waals surface area (Å²) in [6.07, 6.45) is -5.25. The van der Waals surface area contributed by atoms with E-state index >= 15 is 0 Å². The summed E-state index contributed by atoms with van der Waals surface area (Å²) in [7, 11) is 0. The third-order valence-electron chi connectivity index (χ3n) is 12.1. The molecule has 20 nitrogen and oxygen atoms in total. The van der Waals surface area contributed by atoms with Gasteiger partial charge in [-0.05, 0) is 90.8 Å². The van der Waals surface area contributed by atoms with Gasteiger partial charge in [0.2, 0.25) is 36.1 Å². The van der Waals surface area contributed by atoms with Crippen LogP contribution in [-0.2, 0) is 60.9 Å². The highest BCUT2D eigenvalue weighted by Gasteiger charge is 2.45. The van der Waals surface area contributed by atoms with Crippen LogP contribution >= 0.6 is 0 Å². The van der Waals surface area contributed by atoms with Gasteiger partial charge < -0.3 is 39.1 Å². The quantitative estimate of drug-likeness (QED) is 0.0510. The monoisotopic (exact) mass is 1050 g/mol. The number of imide groups is 2. The molecule has 0 bridgehead atoms. The summed E-state index contributed by atoms with van der Waals surface area (Å²) in [6, 6.07) is 30.6. The number of para-hydroxylation sites is 2. The third kappa shape index (κ3) is 16.6. The molecule has 20 heteroatoms. The molecule has 0 aliphatic carbocycles. The Balaban J connectivity index is 1.17. The molecular weight excluding hydrogens is 981 g/mol. The molecule has 2 aliphatic rings. The number of ether oxygens (including phenoxy) is 6. The van der Waals surface area contributed by atoms with Gasteiger partial charge in [-0.25, -0.2) is 19.4 Å². The first kappa shape index (κ1) is 57.4. The number of amides is 6. The van der Waals surface area contributed by atoms with Crippen molar-refractivity contribution in [1.29, 1.82) is 0 Å². The zero-order chi connectivity index (χ0) is 55.2. The molecule has 2 saturated heterocycles. The van der Waals surface area contributed by atoms with Crippen LogP contribution in [0.25, 0.3) is 0 Å². The maximum atomic E-state index is 14.3. The van der Waals surface area contributed by atoms with Gasteiger partial charge in [-0.1, -0.05) is 84.9 Å². The molecule has 4 atom stereocenters. The van der Waals surface area contributed by atoms with Crippen molar-refractivity contribution >= 4 is 47.8 Å². The number of nitrogens with zero attached hydrogens (tertiary/aromatic N) is 4. The van der Waals surface area contributed by atoms with E-state index in [9.17, 15) is 38.4 Å². The fourth-order valence-corrected chi connectivity index (χ4v) is 8.24. The van der Waals surface area contributed by atoms with Crippen molar-refractivity contribution in [1.82, 2.24) is 30.2 Å². The van der Waals surface area contributed by atoms with E-state index in [0.717, 1.165) is 20.9 Å². The first-order valence-corrected chi connectivity index (χ1v) is 25.1. The normalized spacial score (nSPS) is 16.2. The molecule has 2 heterocycles. The van der Waals surface area contributed by atoms with Gasteiger partial charge in [0.25, 0.3) is 0 Å². The lowest BCUT2D eigenvalue weighted by Gasteiger charge is -2.45. The Hall–Kier alpha value is -7.84. The fourth-order valence-electron chi connectivity index (χ4n) is 8.24. The summed E-state index contributed by atoms with van der Waals surface area (Å²) < 4.78 is 34.8. The molecule has 0 aromatic heterocycles. The Morgan fingerprint density at radius 2 is 0.803 bits per heavy atom. The molecular formula is C56H68N6O14. The summed E-state index contributed by atoms with van der Waals surface area (Å²) in [4.78, 5) is 114. The number of nitrogens with one attached hydrogen (secondary N) is 2. The molecule has 2 aliphatic heterocycles. The van der Waals surface area contributed by atoms with Gasteiger partial charge in [0, 0.05) is 25.2 Å². The molecule has 6 rings (SSSR count). The van der Waals surface area contributed by atoms with E-state index in [1.54, 1.807) is 114 Å². The standard InChI is InChI=1S/C56H68N6O14/c1-37(59-31-45(63)61(46(64)32-59)51(73-49(67)27-29-57-53(69)75-55(3,4)5)41-23-15-17-25-43(41)71-35-39-19-11-9-12-20-39)38(2)60-33-47(65)62(48(66)34-60)52(74-50(68)28-30-58-54(70)76-56(6,7)8)42-24-16-18-26-44(42)72-36-40-21-13-10-14-22-40/h9-26,37-38,51-52H,27-36H2,1-8H3,(H,57,69)(H,58,70). The number of hydrogen-bond donors (Lipinski definition) is 2. The van der Waals surface area contributed by atoms with Crippen molar-refractivity contribution in [2.24, 2.45) is 0 Å². The molecule has 406 valence electrons. The van der Waals surface area contributed by atoms with Gasteiger partial charge >= 0.3 is 24.1 Å². The average molecular weight is 1050 g/mol. The highest BCUT2D eigenvalue weighted by atomic mass is 16.6. The molecule has 0 saturated carbocycles. The van der Waals surface area contributed by atoms with Crippen LogP contribution in [0.4, 0.5) is 9.59 Å². The summed E-state index contributed by atoms with van der Waals surface area (Å²) >= 11 is 0. The Morgan fingerprint density at radius 1 is 0.487 bits per heavy atom. The number of esters is 2. The van der Waals surface area contributed by atoms with Crippen LogP contribution in [0.15, 0.2) is 109 Å². The van der Waals surface area contributed by atoms with Crippen LogP contribution in [0, 0.1) is 0 Å². The lowest BCUT2D eigenvalue weighted by molar-refractivity contribution is -0.181. The Labute approximate surface area is 442 Å². The molecule has 2 N–H and O–H groups in total. The van der Waals surface area contributed by atoms with Gasteiger partial charge in [0.15, 0.2) is 0 Å². The van der Waals surface area contributed by atoms with Crippen molar-refractivity contribution in [3.05, 3.63) is 131 Å². The highest BCUT2D eigenvalue weighted by Crippen LogP contribution is 2.36. The Morgan fingerprint density at radius 3 is 1.13 bits per heavy atom. The van der Waals surface area contributed by atoms with Gasteiger partial charge in [-0.15, -0.1) is 0 Å². The second-order valence-electron chi connectivity index (χ2n) is 20.3. The number of hydrogen-bond acceptors (Lipinski definition) is 16. The number of benzene rings is 4. The van der Waals surface area contributed by atoms with Gasteiger partial charge in [0.1, 0.15) is 35.9 Å². The first-order chi connectivity index (χ1) is 36.1. The van der Waals surface area contributed by atoms with Crippen LogP contribution in [-0.4, -0.2) is 130 Å². The van der Waals surface area contributed by atoms with Crippen molar-refractivity contribution in [3.8, 4) is 11.5 Å². The summed E-state index contributed by atoms with van der Waals surface area (Å²) in [5, 5.41) is 5.02. The van der Waals surface area contributed by atoms with Crippen LogP contribution in [0.1, 0.15) is 103 Å². The number of carbonyl (C=O) groups is 8. The first-order valence-electron chi connectivity index (χ1n) is 25.1. The number of carbonyl (C=O) groups excluding carboxylic acids is 8. The molecule has 4 unspecified atom stereocenters. The molecule has 0 spiro atoms. The van der Waals surface area contributed by atoms with E-state index in [0.29, 0.717) is 0 Å². The molecule has 76 heavy (non-hydrogen) atoms. The van der Waals surface area contributed by atoms with E-state index in [2.05, 4.69) is 10.6 Å². The third-order valence-corrected chi connectivity index (χ3v) is 12.1. The lowest BCUT2D eigenvalue weighted by Crippen LogP contribution is -2.63. The van der Waals surface area contributed by atoms with E-state index in [4.69, 9.17) is 28.4 Å². The van der Waals surface area contributed by atoms with E-state index in [-0.39, 0.29) is 87.9 Å². The minimum atomic E-state index is -1.56. The van der Waals surface area contributed by atoms with E-state index in [1.807, 2.05) is 60.7 Å². The molecule has 6 amide bonds. The number of rotatable bonds is 21. The largest absolute Gasteiger partial charge is 0.488 e. The minimum Gasteiger partial charge on any atom is -0.488 e. The maximum Gasteiger partial charge on any atom is 0.407 e. The van der Waals surface area contributed by atoms with Gasteiger partial charge in [-0.3, -0.25) is 38.6 Å². The van der Waals surface area contributed by atoms with E-state index in [1.165, 1.54) is 0 Å². The highest BCUT2D eigenvalue weighted by molar-refractivity contribution is 6.01. The van der Waals surface area contributed by atoms with Gasteiger partial charge in [-0.2, -0.15) is 0 Å². The van der Waals surface area contributed by atoms with Crippen molar-refractivity contribution in [3.63, 3.8) is 0 Å². The van der Waals surface area contributed by atoms with Crippen molar-refractivity contribution < 1.29 is 66.8 Å². The van der Waals surface area contributed by atoms with E-state index < -0.39 is 83.5 Å². The number of alkyl carbamates (subject to hydrolysis) is 2. The zero-order valence-electron chi connectivity index (χ0n) is 44.3. The SMILES string of the molecule is CC(C(C)N1CC(=O)N(C(OC(=O)CCNC(=O)OC(C)(C)C)c2ccccc2OCc2ccccc2)C(=O)C1)N1CC(=O)N(C(OC(=O)CCNC(=O)OC(C)(C)C)c2ccccc2OCc2ccccc2)C(=O)C1. The summed E-state index contributed by atoms with van der Waals surface area (Å²) in [5.41, 5.74) is 0.582. The zero-order valence-corrected chi connectivity index (χ0v) is 44.3. The molecule has 4 aromatic carbocycles. The Bertz CT molecular complexity index is 2470. The maximum absolute atomic E-state index is 14.3. The van der Waals surface area contributed by atoms with Crippen LogP contribution in [0.3, 0.4) is 0 Å². The van der Waals surface area contributed by atoms with Crippen LogP contribution in [0.5, 0.6) is 11.5 Å². The van der Waals surface area contributed by atoms with Crippen molar-refractivity contribution in [2.75, 3.05) is 39.3 Å². The Kier molecular flexibility index (Phi) is 19.7. The van der Waals surface area contributed by atoms with Crippen LogP contribution < -0.4 is 20.1 Å². The molecule has 2 fully saturated rings. The minimum absolute atomic E-state index is 0.125. The van der Waals surface area contributed by atoms with Crippen molar-refractivity contribution in [2.45, 2.75) is 117 Å². The predicted octanol–water partition coefficient (Wildman–Crippen LogP) is 6.58. The fraction of sp³-hybridized carbons (Fsp3) is 0.429. The van der Waals surface area contributed by atoms with Crippen LogP contribution in [0.2, 0.25) is 0 Å².